The van der Waals surface area contributed by atoms with Gasteiger partial charge in [0.1, 0.15) is 11.5 Å². The predicted molar refractivity (Wildman–Crippen MR) is 78.0 cm³/mol. The number of rotatable bonds is 6. The fourth-order valence-electron chi connectivity index (χ4n) is 1.91. The number of aromatic amines is 1. The first-order chi connectivity index (χ1) is 10.1. The summed E-state index contributed by atoms with van der Waals surface area (Å²) in [7, 11) is 3.16. The summed E-state index contributed by atoms with van der Waals surface area (Å²) in [6, 6.07) is 3.64. The number of hydrogen-bond acceptors (Lipinski definition) is 6. The van der Waals surface area contributed by atoms with E-state index in [4.69, 9.17) is 14.6 Å². The quantitative estimate of drug-likeness (QED) is 0.787. The van der Waals surface area contributed by atoms with Gasteiger partial charge in [0.2, 0.25) is 0 Å². The number of thioether (sulfide) groups is 1. The van der Waals surface area contributed by atoms with Crippen molar-refractivity contribution in [3.05, 3.63) is 17.7 Å². The van der Waals surface area contributed by atoms with E-state index in [1.807, 2.05) is 19.1 Å². The van der Waals surface area contributed by atoms with Crippen molar-refractivity contribution in [3.63, 3.8) is 0 Å². The molecule has 1 aromatic heterocycles. The number of aliphatic carboxylic acids is 1. The largest absolute Gasteiger partial charge is 0.496 e. The van der Waals surface area contributed by atoms with Crippen molar-refractivity contribution < 1.29 is 19.4 Å². The highest BCUT2D eigenvalue weighted by Crippen LogP contribution is 2.36. The molecular weight excluding hydrogens is 294 g/mol. The second-order valence-corrected chi connectivity index (χ2v) is 5.10. The third kappa shape index (κ3) is 3.27. The molecule has 0 aliphatic carbocycles. The lowest BCUT2D eigenvalue weighted by molar-refractivity contribution is -0.133. The Hall–Kier alpha value is -2.22. The van der Waals surface area contributed by atoms with E-state index in [0.29, 0.717) is 16.7 Å². The minimum absolute atomic E-state index is 0.0760. The van der Waals surface area contributed by atoms with Crippen LogP contribution in [0.1, 0.15) is 5.56 Å². The minimum Gasteiger partial charge on any atom is -0.496 e. The summed E-state index contributed by atoms with van der Waals surface area (Å²) in [5.41, 5.74) is 1.60. The lowest BCUT2D eigenvalue weighted by Gasteiger charge is -2.12. The number of nitrogens with zero attached hydrogens (tertiary/aromatic N) is 2. The van der Waals surface area contributed by atoms with Gasteiger partial charge in [0.05, 0.1) is 25.5 Å². The van der Waals surface area contributed by atoms with Crippen LogP contribution in [-0.4, -0.2) is 46.2 Å². The molecule has 0 fully saturated rings. The standard InChI is InChI=1S/C13H15N3O4S/c1-7-9(19-2)5-4-8(11(7)20-3)12-14-13(16-15-12)21-6-10(17)18/h4-5H,6H2,1-3H3,(H,17,18)(H,14,15,16). The van der Waals surface area contributed by atoms with Gasteiger partial charge >= 0.3 is 5.97 Å². The molecule has 1 heterocycles. The molecule has 0 saturated carbocycles. The maximum absolute atomic E-state index is 10.5. The molecule has 0 amide bonds. The second-order valence-electron chi connectivity index (χ2n) is 4.13. The Bertz CT molecular complexity index is 657. The Kier molecular flexibility index (Phi) is 4.69. The van der Waals surface area contributed by atoms with Crippen molar-refractivity contribution >= 4 is 17.7 Å². The number of carboxylic acids is 1. The molecule has 0 spiro atoms. The molecule has 0 saturated heterocycles. The van der Waals surface area contributed by atoms with Crippen LogP contribution in [0, 0.1) is 6.92 Å². The number of hydrogen-bond donors (Lipinski definition) is 2. The van der Waals surface area contributed by atoms with E-state index in [1.54, 1.807) is 14.2 Å². The van der Waals surface area contributed by atoms with Gasteiger partial charge in [0.15, 0.2) is 11.0 Å². The lowest BCUT2D eigenvalue weighted by Crippen LogP contribution is -1.98. The molecule has 2 N–H and O–H groups in total. The smallest absolute Gasteiger partial charge is 0.313 e. The van der Waals surface area contributed by atoms with Crippen molar-refractivity contribution in [3.8, 4) is 22.9 Å². The molecule has 0 aliphatic heterocycles. The van der Waals surface area contributed by atoms with Crippen molar-refractivity contribution in [2.24, 2.45) is 0 Å². The molecule has 0 atom stereocenters. The highest BCUT2D eigenvalue weighted by Gasteiger charge is 2.16. The molecule has 1 aromatic carbocycles. The van der Waals surface area contributed by atoms with Crippen LogP contribution in [0.2, 0.25) is 0 Å². The van der Waals surface area contributed by atoms with E-state index < -0.39 is 5.97 Å². The van der Waals surface area contributed by atoms with Gasteiger partial charge in [-0.3, -0.25) is 4.79 Å². The van der Waals surface area contributed by atoms with Gasteiger partial charge in [0.25, 0.3) is 0 Å². The van der Waals surface area contributed by atoms with Crippen LogP contribution in [-0.2, 0) is 4.79 Å². The Morgan fingerprint density at radius 3 is 2.71 bits per heavy atom. The molecular formula is C13H15N3O4S. The average Bonchev–Trinajstić information content (AvgIpc) is 2.93. The fourth-order valence-corrected chi connectivity index (χ4v) is 2.43. The molecule has 2 aromatic rings. The van der Waals surface area contributed by atoms with Gasteiger partial charge in [-0.2, -0.15) is 0 Å². The monoisotopic (exact) mass is 309 g/mol. The van der Waals surface area contributed by atoms with Crippen molar-refractivity contribution in [1.82, 2.24) is 15.2 Å². The number of aromatic nitrogens is 3. The molecule has 2 rings (SSSR count). The van der Waals surface area contributed by atoms with E-state index in [9.17, 15) is 4.79 Å². The Balaban J connectivity index is 2.34. The van der Waals surface area contributed by atoms with Gasteiger partial charge in [-0.1, -0.05) is 11.8 Å². The Morgan fingerprint density at radius 1 is 1.33 bits per heavy atom. The van der Waals surface area contributed by atoms with Crippen LogP contribution in [0.4, 0.5) is 0 Å². The van der Waals surface area contributed by atoms with E-state index >= 15 is 0 Å². The van der Waals surface area contributed by atoms with E-state index in [2.05, 4.69) is 15.2 Å². The molecule has 8 heteroatoms. The topological polar surface area (TPSA) is 97.3 Å². The van der Waals surface area contributed by atoms with Gasteiger partial charge in [-0.15, -0.1) is 10.2 Å². The fraction of sp³-hybridized carbons (Fsp3) is 0.308. The van der Waals surface area contributed by atoms with E-state index in [1.165, 1.54) is 0 Å². The molecule has 21 heavy (non-hydrogen) atoms. The number of ether oxygens (including phenoxy) is 2. The number of nitrogens with one attached hydrogen (secondary N) is 1. The zero-order valence-electron chi connectivity index (χ0n) is 11.8. The SMILES string of the molecule is COc1ccc(-c2nnc(SCC(=O)O)[nH]2)c(OC)c1C. The van der Waals surface area contributed by atoms with Crippen LogP contribution in [0.5, 0.6) is 11.5 Å². The summed E-state index contributed by atoms with van der Waals surface area (Å²) in [5, 5.41) is 17.1. The summed E-state index contributed by atoms with van der Waals surface area (Å²) >= 11 is 1.08. The van der Waals surface area contributed by atoms with Crippen LogP contribution >= 0.6 is 11.8 Å². The average molecular weight is 309 g/mol. The summed E-state index contributed by atoms with van der Waals surface area (Å²) in [4.78, 5) is 13.5. The normalized spacial score (nSPS) is 10.4. The van der Waals surface area contributed by atoms with Crippen LogP contribution in [0.3, 0.4) is 0 Å². The molecule has 7 nitrogen and oxygen atoms in total. The predicted octanol–water partition coefficient (Wildman–Crippen LogP) is 1.97. The van der Waals surface area contributed by atoms with Gasteiger partial charge in [-0.05, 0) is 19.1 Å². The third-order valence-corrected chi connectivity index (χ3v) is 3.68. The molecule has 0 unspecified atom stereocenters. The Labute approximate surface area is 125 Å². The highest BCUT2D eigenvalue weighted by atomic mass is 32.2. The van der Waals surface area contributed by atoms with Gasteiger partial charge < -0.3 is 19.6 Å². The first kappa shape index (κ1) is 15.2. The lowest BCUT2D eigenvalue weighted by atomic mass is 10.1. The first-order valence-electron chi connectivity index (χ1n) is 6.06. The van der Waals surface area contributed by atoms with E-state index in [-0.39, 0.29) is 5.75 Å². The molecule has 0 bridgehead atoms. The summed E-state index contributed by atoms with van der Waals surface area (Å²) in [5.74, 6) is 0.894. The molecule has 0 aliphatic rings. The van der Waals surface area contributed by atoms with Crippen LogP contribution < -0.4 is 9.47 Å². The summed E-state index contributed by atoms with van der Waals surface area (Å²) < 4.78 is 10.7. The highest BCUT2D eigenvalue weighted by molar-refractivity contribution is 7.99. The van der Waals surface area contributed by atoms with Crippen molar-refractivity contribution in [1.29, 1.82) is 0 Å². The van der Waals surface area contributed by atoms with Crippen LogP contribution in [0.25, 0.3) is 11.4 Å². The molecule has 112 valence electrons. The number of benzene rings is 1. The van der Waals surface area contributed by atoms with Crippen molar-refractivity contribution in [2.75, 3.05) is 20.0 Å². The maximum atomic E-state index is 10.5. The summed E-state index contributed by atoms with van der Waals surface area (Å²) in [6.45, 7) is 1.89. The minimum atomic E-state index is -0.907. The third-order valence-electron chi connectivity index (χ3n) is 2.83. The number of carbonyl (C=O) groups is 1. The summed E-state index contributed by atoms with van der Waals surface area (Å²) in [6.07, 6.45) is 0. The Morgan fingerprint density at radius 2 is 2.10 bits per heavy atom. The number of carboxylic acid groups (broad SMARTS) is 1. The molecule has 0 radical (unpaired) electrons. The van der Waals surface area contributed by atoms with Crippen LogP contribution in [0.15, 0.2) is 17.3 Å². The van der Waals surface area contributed by atoms with Gasteiger partial charge in [0, 0.05) is 5.56 Å². The number of methoxy groups -OCH3 is 2. The second kappa shape index (κ2) is 6.49. The van der Waals surface area contributed by atoms with Crippen molar-refractivity contribution in [2.45, 2.75) is 12.1 Å². The zero-order chi connectivity index (χ0) is 15.4. The van der Waals surface area contributed by atoms with Gasteiger partial charge in [-0.25, -0.2) is 0 Å². The van der Waals surface area contributed by atoms with E-state index in [0.717, 1.165) is 28.6 Å². The first-order valence-corrected chi connectivity index (χ1v) is 7.04. The number of H-pyrrole nitrogens is 1. The maximum Gasteiger partial charge on any atom is 0.313 e. The zero-order valence-corrected chi connectivity index (χ0v) is 12.7.